The minimum absolute atomic E-state index is 0.504. The number of hydrogen-bond donors (Lipinski definition) is 2. The molecule has 0 radical (unpaired) electrons. The standard InChI is InChI=1S/C10H10N2O2/c13-10-11-9(7-12(10)14)6-8-4-2-1-3-5-8/h1-5,7,14H,6H2,(H,11,13). The highest BCUT2D eigenvalue weighted by atomic mass is 16.5. The molecule has 2 aromatic rings. The molecule has 1 heterocycles. The molecule has 2 rings (SSSR count). The molecule has 0 unspecified atom stereocenters. The first-order chi connectivity index (χ1) is 6.75. The summed E-state index contributed by atoms with van der Waals surface area (Å²) in [6.45, 7) is 0. The quantitative estimate of drug-likeness (QED) is 0.694. The van der Waals surface area contributed by atoms with Crippen molar-refractivity contribution in [3.63, 3.8) is 0 Å². The van der Waals surface area contributed by atoms with Crippen molar-refractivity contribution in [2.45, 2.75) is 6.42 Å². The molecule has 0 spiro atoms. The first kappa shape index (κ1) is 8.62. The lowest BCUT2D eigenvalue weighted by atomic mass is 10.1. The number of benzene rings is 1. The van der Waals surface area contributed by atoms with Crippen molar-refractivity contribution in [2.24, 2.45) is 0 Å². The van der Waals surface area contributed by atoms with Crippen LogP contribution in [-0.2, 0) is 6.42 Å². The van der Waals surface area contributed by atoms with Gasteiger partial charge in [-0.25, -0.2) is 4.79 Å². The summed E-state index contributed by atoms with van der Waals surface area (Å²) in [5.74, 6) is 0. The van der Waals surface area contributed by atoms with Crippen molar-refractivity contribution < 1.29 is 5.21 Å². The molecule has 0 aliphatic rings. The smallest absolute Gasteiger partial charge is 0.358 e. The molecule has 0 bridgehead atoms. The van der Waals surface area contributed by atoms with Crippen LogP contribution in [0.15, 0.2) is 41.3 Å². The van der Waals surface area contributed by atoms with E-state index in [-0.39, 0.29) is 0 Å². The molecule has 0 fully saturated rings. The fourth-order valence-corrected chi connectivity index (χ4v) is 1.34. The third kappa shape index (κ3) is 1.69. The lowest BCUT2D eigenvalue weighted by Gasteiger charge is -1.96. The fourth-order valence-electron chi connectivity index (χ4n) is 1.34. The molecule has 0 aliphatic heterocycles. The van der Waals surface area contributed by atoms with Crippen LogP contribution >= 0.6 is 0 Å². The Morgan fingerprint density at radius 3 is 2.57 bits per heavy atom. The Morgan fingerprint density at radius 2 is 2.00 bits per heavy atom. The second-order valence-electron chi connectivity index (χ2n) is 3.09. The molecule has 4 heteroatoms. The van der Waals surface area contributed by atoms with Crippen LogP contribution in [0, 0.1) is 0 Å². The van der Waals surface area contributed by atoms with Gasteiger partial charge >= 0.3 is 5.69 Å². The van der Waals surface area contributed by atoms with Gasteiger partial charge in [-0.1, -0.05) is 30.3 Å². The lowest BCUT2D eigenvalue weighted by Crippen LogP contribution is -2.12. The monoisotopic (exact) mass is 190 g/mol. The molecule has 0 atom stereocenters. The zero-order valence-corrected chi connectivity index (χ0v) is 7.47. The van der Waals surface area contributed by atoms with Gasteiger partial charge in [-0.2, -0.15) is 0 Å². The van der Waals surface area contributed by atoms with Crippen LogP contribution in [0.5, 0.6) is 0 Å². The average Bonchev–Trinajstić information content (AvgIpc) is 2.47. The number of rotatable bonds is 2. The minimum atomic E-state index is -0.504. The SMILES string of the molecule is O=c1[nH]c(Cc2ccccc2)cn1O. The minimum Gasteiger partial charge on any atom is -0.424 e. The first-order valence-electron chi connectivity index (χ1n) is 4.29. The maximum atomic E-state index is 10.9. The van der Waals surface area contributed by atoms with E-state index >= 15 is 0 Å². The summed E-state index contributed by atoms with van der Waals surface area (Å²) in [4.78, 5) is 13.4. The fraction of sp³-hybridized carbons (Fsp3) is 0.100. The van der Waals surface area contributed by atoms with Crippen LogP contribution in [0.25, 0.3) is 0 Å². The van der Waals surface area contributed by atoms with E-state index in [1.54, 1.807) is 0 Å². The molecule has 0 saturated carbocycles. The Balaban J connectivity index is 2.23. The molecule has 0 amide bonds. The van der Waals surface area contributed by atoms with E-state index in [9.17, 15) is 4.79 Å². The van der Waals surface area contributed by atoms with E-state index in [0.717, 1.165) is 5.56 Å². The summed E-state index contributed by atoms with van der Waals surface area (Å²) in [6, 6.07) is 9.73. The molecule has 72 valence electrons. The zero-order valence-electron chi connectivity index (χ0n) is 7.47. The number of aromatic amines is 1. The van der Waals surface area contributed by atoms with Crippen molar-refractivity contribution in [3.05, 3.63) is 58.3 Å². The predicted octanol–water partition coefficient (Wildman–Crippen LogP) is 1.00. The zero-order chi connectivity index (χ0) is 9.97. The van der Waals surface area contributed by atoms with Gasteiger partial charge in [-0.05, 0) is 5.56 Å². The summed E-state index contributed by atoms with van der Waals surface area (Å²) in [6.07, 6.45) is 2.00. The van der Waals surface area contributed by atoms with Crippen molar-refractivity contribution in [1.82, 2.24) is 9.71 Å². The predicted molar refractivity (Wildman–Crippen MR) is 51.5 cm³/mol. The number of nitrogens with zero attached hydrogens (tertiary/aromatic N) is 1. The van der Waals surface area contributed by atoms with Crippen LogP contribution in [0.1, 0.15) is 11.3 Å². The van der Waals surface area contributed by atoms with Gasteiger partial charge in [-0.3, -0.25) is 0 Å². The van der Waals surface area contributed by atoms with Gasteiger partial charge in [0.2, 0.25) is 0 Å². The van der Waals surface area contributed by atoms with Crippen LogP contribution < -0.4 is 5.69 Å². The number of imidazole rings is 1. The van der Waals surface area contributed by atoms with E-state index in [1.807, 2.05) is 30.3 Å². The van der Waals surface area contributed by atoms with E-state index in [4.69, 9.17) is 5.21 Å². The Kier molecular flexibility index (Phi) is 2.10. The third-order valence-electron chi connectivity index (χ3n) is 1.99. The molecular formula is C10H10N2O2. The van der Waals surface area contributed by atoms with Crippen LogP contribution in [-0.4, -0.2) is 14.9 Å². The highest BCUT2D eigenvalue weighted by Crippen LogP contribution is 2.04. The van der Waals surface area contributed by atoms with Gasteiger partial charge in [0.25, 0.3) is 0 Å². The van der Waals surface area contributed by atoms with Crippen molar-refractivity contribution in [3.8, 4) is 0 Å². The normalized spacial score (nSPS) is 10.3. The van der Waals surface area contributed by atoms with E-state index in [2.05, 4.69) is 4.98 Å². The van der Waals surface area contributed by atoms with E-state index in [0.29, 0.717) is 16.8 Å². The molecule has 1 aromatic carbocycles. The Morgan fingerprint density at radius 1 is 1.29 bits per heavy atom. The highest BCUT2D eigenvalue weighted by molar-refractivity contribution is 5.20. The van der Waals surface area contributed by atoms with Crippen molar-refractivity contribution >= 4 is 0 Å². The second kappa shape index (κ2) is 3.41. The van der Waals surface area contributed by atoms with Crippen molar-refractivity contribution in [2.75, 3.05) is 0 Å². The van der Waals surface area contributed by atoms with Gasteiger partial charge in [0.15, 0.2) is 0 Å². The van der Waals surface area contributed by atoms with Crippen molar-refractivity contribution in [1.29, 1.82) is 0 Å². The van der Waals surface area contributed by atoms with E-state index in [1.165, 1.54) is 6.20 Å². The third-order valence-corrected chi connectivity index (χ3v) is 1.99. The summed E-state index contributed by atoms with van der Waals surface area (Å²) in [5.41, 5.74) is 1.29. The largest absolute Gasteiger partial charge is 0.424 e. The number of nitrogens with one attached hydrogen (secondary N) is 1. The van der Waals surface area contributed by atoms with Crippen LogP contribution in [0.3, 0.4) is 0 Å². The molecule has 2 N–H and O–H groups in total. The van der Waals surface area contributed by atoms with Gasteiger partial charge in [0, 0.05) is 12.1 Å². The summed E-state index contributed by atoms with van der Waals surface area (Å²) < 4.78 is 0.554. The Bertz CT molecular complexity index is 470. The number of H-pyrrole nitrogens is 1. The van der Waals surface area contributed by atoms with Gasteiger partial charge < -0.3 is 10.2 Å². The molecule has 4 nitrogen and oxygen atoms in total. The maximum absolute atomic E-state index is 10.9. The van der Waals surface area contributed by atoms with Crippen LogP contribution in [0.2, 0.25) is 0 Å². The summed E-state index contributed by atoms with van der Waals surface area (Å²) >= 11 is 0. The Hall–Kier alpha value is -1.97. The van der Waals surface area contributed by atoms with Gasteiger partial charge in [0.1, 0.15) is 0 Å². The molecule has 1 aromatic heterocycles. The molecular weight excluding hydrogens is 180 g/mol. The summed E-state index contributed by atoms with van der Waals surface area (Å²) in [5, 5.41) is 8.99. The van der Waals surface area contributed by atoms with E-state index < -0.39 is 5.69 Å². The Labute approximate surface area is 80.4 Å². The summed E-state index contributed by atoms with van der Waals surface area (Å²) in [7, 11) is 0. The molecule has 0 aliphatic carbocycles. The van der Waals surface area contributed by atoms with Gasteiger partial charge in [0.05, 0.1) is 6.20 Å². The first-order valence-corrected chi connectivity index (χ1v) is 4.29. The van der Waals surface area contributed by atoms with Crippen LogP contribution in [0.4, 0.5) is 0 Å². The lowest BCUT2D eigenvalue weighted by molar-refractivity contribution is 0.176. The maximum Gasteiger partial charge on any atom is 0.358 e. The van der Waals surface area contributed by atoms with Gasteiger partial charge in [-0.15, -0.1) is 4.73 Å². The number of hydrogen-bond acceptors (Lipinski definition) is 2. The average molecular weight is 190 g/mol. The topological polar surface area (TPSA) is 58.0 Å². The second-order valence-corrected chi connectivity index (χ2v) is 3.09. The highest BCUT2D eigenvalue weighted by Gasteiger charge is 2.01. The number of aromatic nitrogens is 2. The molecule has 0 saturated heterocycles. The molecule has 14 heavy (non-hydrogen) atoms.